The molecule has 0 amide bonds. The van der Waals surface area contributed by atoms with E-state index in [1.165, 1.54) is 25.3 Å². The maximum Gasteiger partial charge on any atom is 0.311 e. The van der Waals surface area contributed by atoms with E-state index in [0.29, 0.717) is 11.2 Å². The largest absolute Gasteiger partial charge is 0.350 e. The van der Waals surface area contributed by atoms with Crippen LogP contribution in [0.1, 0.15) is 25.7 Å². The van der Waals surface area contributed by atoms with Crippen molar-refractivity contribution in [2.45, 2.75) is 25.7 Å². The highest BCUT2D eigenvalue weighted by Crippen LogP contribution is 2.52. The van der Waals surface area contributed by atoms with Gasteiger partial charge in [0.1, 0.15) is 0 Å². The zero-order valence-corrected chi connectivity index (χ0v) is 9.63. The first-order valence-electron chi connectivity index (χ1n) is 6.05. The molecular weight excluding hydrogens is 218 g/mol. The average molecular weight is 233 g/mol. The van der Waals surface area contributed by atoms with Gasteiger partial charge in [0.2, 0.25) is 5.82 Å². The van der Waals surface area contributed by atoms with Gasteiger partial charge >= 0.3 is 5.69 Å². The van der Waals surface area contributed by atoms with E-state index >= 15 is 0 Å². The summed E-state index contributed by atoms with van der Waals surface area (Å²) in [7, 11) is 0. The highest BCUT2D eigenvalue weighted by Gasteiger charge is 2.46. The number of pyridine rings is 1. The molecule has 1 saturated carbocycles. The normalized spacial score (nSPS) is 21.5. The monoisotopic (exact) mass is 233 g/mol. The molecule has 0 N–H and O–H groups in total. The van der Waals surface area contributed by atoms with Crippen LogP contribution in [0.5, 0.6) is 0 Å². The summed E-state index contributed by atoms with van der Waals surface area (Å²) in [4.78, 5) is 16.9. The number of nitro groups is 1. The minimum absolute atomic E-state index is 0.130. The van der Waals surface area contributed by atoms with Gasteiger partial charge in [-0.25, -0.2) is 4.98 Å². The van der Waals surface area contributed by atoms with Gasteiger partial charge in [-0.2, -0.15) is 0 Å². The summed E-state index contributed by atoms with van der Waals surface area (Å²) in [5, 5.41) is 11.0. The summed E-state index contributed by atoms with van der Waals surface area (Å²) in [6.45, 7) is 1.82. The van der Waals surface area contributed by atoms with Gasteiger partial charge in [-0.1, -0.05) is 0 Å². The van der Waals surface area contributed by atoms with Crippen molar-refractivity contribution in [1.82, 2.24) is 4.98 Å². The third-order valence-corrected chi connectivity index (χ3v) is 3.88. The van der Waals surface area contributed by atoms with E-state index in [9.17, 15) is 10.1 Å². The van der Waals surface area contributed by atoms with Crippen LogP contribution in [0.3, 0.4) is 0 Å². The van der Waals surface area contributed by atoms with Crippen LogP contribution in [0.25, 0.3) is 0 Å². The molecular formula is C12H15N3O2. The summed E-state index contributed by atoms with van der Waals surface area (Å²) in [6, 6.07) is 3.16. The highest BCUT2D eigenvalue weighted by molar-refractivity contribution is 5.57. The number of anilines is 1. The van der Waals surface area contributed by atoms with E-state index < -0.39 is 0 Å². The average Bonchev–Trinajstić information content (AvgIpc) is 3.08. The molecule has 0 radical (unpaired) electrons. The van der Waals surface area contributed by atoms with Gasteiger partial charge in [-0.05, 0) is 37.2 Å². The van der Waals surface area contributed by atoms with E-state index in [0.717, 1.165) is 19.5 Å². The van der Waals surface area contributed by atoms with E-state index in [1.807, 2.05) is 0 Å². The SMILES string of the molecule is O=[N+]([O-])c1cccnc1N1CCCC2(CC2)C1. The van der Waals surface area contributed by atoms with Crippen molar-refractivity contribution in [1.29, 1.82) is 0 Å². The van der Waals surface area contributed by atoms with Crippen LogP contribution in [0, 0.1) is 15.5 Å². The second-order valence-electron chi connectivity index (χ2n) is 5.13. The molecule has 1 aromatic rings. The van der Waals surface area contributed by atoms with Crippen molar-refractivity contribution >= 4 is 11.5 Å². The van der Waals surface area contributed by atoms with Crippen LogP contribution in [-0.4, -0.2) is 23.0 Å². The minimum Gasteiger partial charge on any atom is -0.350 e. The summed E-state index contributed by atoms with van der Waals surface area (Å²) in [5.41, 5.74) is 0.578. The molecule has 17 heavy (non-hydrogen) atoms. The highest BCUT2D eigenvalue weighted by atomic mass is 16.6. The van der Waals surface area contributed by atoms with E-state index in [4.69, 9.17) is 0 Å². The zero-order valence-electron chi connectivity index (χ0n) is 9.63. The first kappa shape index (κ1) is 10.5. The molecule has 3 rings (SSSR count). The molecule has 1 aliphatic heterocycles. The van der Waals surface area contributed by atoms with E-state index in [1.54, 1.807) is 12.3 Å². The summed E-state index contributed by atoms with van der Waals surface area (Å²) in [6.07, 6.45) is 6.56. The number of piperidine rings is 1. The predicted molar refractivity (Wildman–Crippen MR) is 64.0 cm³/mol. The fraction of sp³-hybridized carbons (Fsp3) is 0.583. The fourth-order valence-electron chi connectivity index (χ4n) is 2.75. The molecule has 90 valence electrons. The molecule has 0 bridgehead atoms. The van der Waals surface area contributed by atoms with Gasteiger partial charge in [-0.3, -0.25) is 10.1 Å². The molecule has 2 aliphatic rings. The molecule has 2 heterocycles. The predicted octanol–water partition coefficient (Wildman–Crippen LogP) is 2.37. The lowest BCUT2D eigenvalue weighted by atomic mass is 9.95. The lowest BCUT2D eigenvalue weighted by Gasteiger charge is -2.33. The van der Waals surface area contributed by atoms with Crippen molar-refractivity contribution in [2.24, 2.45) is 5.41 Å². The Balaban J connectivity index is 1.90. The Morgan fingerprint density at radius 2 is 2.24 bits per heavy atom. The maximum atomic E-state index is 11.0. The molecule has 1 aromatic heterocycles. The van der Waals surface area contributed by atoms with Gasteiger partial charge in [0.05, 0.1) is 4.92 Å². The fourth-order valence-corrected chi connectivity index (χ4v) is 2.75. The maximum absolute atomic E-state index is 11.0. The lowest BCUT2D eigenvalue weighted by molar-refractivity contribution is -0.384. The summed E-state index contributed by atoms with van der Waals surface area (Å²) in [5.74, 6) is 0.545. The quantitative estimate of drug-likeness (QED) is 0.581. The Hall–Kier alpha value is -1.65. The van der Waals surface area contributed by atoms with Crippen LogP contribution in [0.4, 0.5) is 11.5 Å². The number of hydrogen-bond acceptors (Lipinski definition) is 4. The zero-order chi connectivity index (χ0) is 11.9. The van der Waals surface area contributed by atoms with Crippen molar-refractivity contribution < 1.29 is 4.92 Å². The number of nitrogens with zero attached hydrogens (tertiary/aromatic N) is 3. The molecule has 1 aliphatic carbocycles. The third kappa shape index (κ3) is 1.85. The van der Waals surface area contributed by atoms with Crippen molar-refractivity contribution in [2.75, 3.05) is 18.0 Å². The Kier molecular flexibility index (Phi) is 2.28. The topological polar surface area (TPSA) is 59.3 Å². The first-order valence-corrected chi connectivity index (χ1v) is 6.05. The van der Waals surface area contributed by atoms with E-state index in [2.05, 4.69) is 9.88 Å². The first-order chi connectivity index (χ1) is 8.20. The second kappa shape index (κ2) is 3.68. The van der Waals surface area contributed by atoms with Crippen molar-refractivity contribution in [3.63, 3.8) is 0 Å². The number of aromatic nitrogens is 1. The van der Waals surface area contributed by atoms with Crippen LogP contribution in [-0.2, 0) is 0 Å². The second-order valence-corrected chi connectivity index (χ2v) is 5.13. The molecule has 1 saturated heterocycles. The van der Waals surface area contributed by atoms with Gasteiger partial charge in [-0.15, -0.1) is 0 Å². The van der Waals surface area contributed by atoms with Gasteiger partial charge in [0, 0.05) is 25.4 Å². The van der Waals surface area contributed by atoms with Gasteiger partial charge in [0.15, 0.2) is 0 Å². The molecule has 1 spiro atoms. The van der Waals surface area contributed by atoms with E-state index in [-0.39, 0.29) is 10.6 Å². The number of hydrogen-bond donors (Lipinski definition) is 0. The van der Waals surface area contributed by atoms with Crippen LogP contribution in [0.15, 0.2) is 18.3 Å². The Bertz CT molecular complexity index is 457. The van der Waals surface area contributed by atoms with Crippen LogP contribution in [0.2, 0.25) is 0 Å². The molecule has 2 fully saturated rings. The number of rotatable bonds is 2. The standard InChI is InChI=1S/C12H15N3O2/c16-15(17)10-3-1-7-13-11(10)14-8-2-4-12(9-14)5-6-12/h1,3,7H,2,4-6,8-9H2. The summed E-state index contributed by atoms with van der Waals surface area (Å²) < 4.78 is 0. The Morgan fingerprint density at radius 1 is 1.41 bits per heavy atom. The van der Waals surface area contributed by atoms with Crippen molar-refractivity contribution in [3.8, 4) is 0 Å². The molecule has 5 heteroatoms. The molecule has 0 atom stereocenters. The Morgan fingerprint density at radius 3 is 2.94 bits per heavy atom. The molecule has 0 aromatic carbocycles. The van der Waals surface area contributed by atoms with Crippen LogP contribution < -0.4 is 4.90 Å². The van der Waals surface area contributed by atoms with Crippen LogP contribution >= 0.6 is 0 Å². The minimum atomic E-state index is -0.337. The van der Waals surface area contributed by atoms with Gasteiger partial charge in [0.25, 0.3) is 0 Å². The summed E-state index contributed by atoms with van der Waals surface area (Å²) >= 11 is 0. The van der Waals surface area contributed by atoms with Gasteiger partial charge < -0.3 is 4.90 Å². The third-order valence-electron chi connectivity index (χ3n) is 3.88. The lowest BCUT2D eigenvalue weighted by Crippen LogP contribution is -2.37. The van der Waals surface area contributed by atoms with Crippen molar-refractivity contribution in [3.05, 3.63) is 28.4 Å². The molecule has 5 nitrogen and oxygen atoms in total. The smallest absolute Gasteiger partial charge is 0.311 e. The molecule has 0 unspecified atom stereocenters. The Labute approximate surface area is 99.6 Å².